The van der Waals surface area contributed by atoms with E-state index in [0.29, 0.717) is 16.3 Å². The van der Waals surface area contributed by atoms with Crippen molar-refractivity contribution in [3.8, 4) is 6.07 Å². The van der Waals surface area contributed by atoms with E-state index < -0.39 is 0 Å². The summed E-state index contributed by atoms with van der Waals surface area (Å²) in [4.78, 5) is 6.88. The number of halogens is 2. The van der Waals surface area contributed by atoms with E-state index in [9.17, 15) is 5.26 Å². The summed E-state index contributed by atoms with van der Waals surface area (Å²) < 4.78 is 0.881. The molecular formula is C17H13BrClN3. The number of hydrogen-bond acceptors (Lipinski definition) is 2. The van der Waals surface area contributed by atoms with E-state index in [0.717, 1.165) is 35.4 Å². The molecule has 1 aliphatic rings. The fourth-order valence-corrected chi connectivity index (χ4v) is 3.08. The summed E-state index contributed by atoms with van der Waals surface area (Å²) in [6, 6.07) is 15.5. The Bertz CT molecular complexity index is 780. The van der Waals surface area contributed by atoms with Gasteiger partial charge in [0.25, 0.3) is 0 Å². The van der Waals surface area contributed by atoms with E-state index in [1.807, 2.05) is 36.4 Å². The molecule has 0 spiro atoms. The van der Waals surface area contributed by atoms with Gasteiger partial charge in [-0.3, -0.25) is 0 Å². The van der Waals surface area contributed by atoms with Gasteiger partial charge in [0.1, 0.15) is 11.9 Å². The number of rotatable bonds is 2. The van der Waals surface area contributed by atoms with Crippen molar-refractivity contribution in [2.75, 3.05) is 11.4 Å². The number of anilines is 1. The minimum Gasteiger partial charge on any atom is -0.330 e. The number of nitriles is 1. The second-order valence-corrected chi connectivity index (χ2v) is 6.39. The van der Waals surface area contributed by atoms with Crippen LogP contribution in [0.25, 0.3) is 0 Å². The molecule has 1 heterocycles. The van der Waals surface area contributed by atoms with Gasteiger partial charge in [-0.2, -0.15) is 5.26 Å². The zero-order chi connectivity index (χ0) is 15.5. The summed E-state index contributed by atoms with van der Waals surface area (Å²) in [5.41, 5.74) is 2.31. The molecular weight excluding hydrogens is 362 g/mol. The van der Waals surface area contributed by atoms with Crippen molar-refractivity contribution in [2.45, 2.75) is 12.8 Å². The van der Waals surface area contributed by atoms with Crippen molar-refractivity contribution in [1.29, 1.82) is 5.26 Å². The monoisotopic (exact) mass is 373 g/mol. The van der Waals surface area contributed by atoms with E-state index in [-0.39, 0.29) is 0 Å². The topological polar surface area (TPSA) is 39.4 Å². The van der Waals surface area contributed by atoms with Crippen LogP contribution in [0.3, 0.4) is 0 Å². The molecule has 3 nitrogen and oxygen atoms in total. The highest BCUT2D eigenvalue weighted by molar-refractivity contribution is 9.10. The lowest BCUT2D eigenvalue weighted by Gasteiger charge is -2.19. The molecule has 3 rings (SSSR count). The first-order valence-corrected chi connectivity index (χ1v) is 8.15. The summed E-state index contributed by atoms with van der Waals surface area (Å²) in [6.45, 7) is 0.914. The van der Waals surface area contributed by atoms with Crippen molar-refractivity contribution in [3.05, 3.63) is 57.5 Å². The molecule has 110 valence electrons. The Morgan fingerprint density at radius 3 is 2.86 bits per heavy atom. The van der Waals surface area contributed by atoms with Crippen LogP contribution in [0.15, 0.2) is 51.9 Å². The second-order valence-electron chi connectivity index (χ2n) is 5.04. The number of amidine groups is 1. The van der Waals surface area contributed by atoms with Gasteiger partial charge < -0.3 is 4.90 Å². The normalized spacial score (nSPS) is 16.0. The predicted octanol–water partition coefficient (Wildman–Crippen LogP) is 5.30. The number of nitrogens with zero attached hydrogens (tertiary/aromatic N) is 3. The Morgan fingerprint density at radius 2 is 2.09 bits per heavy atom. The Hall–Kier alpha value is -1.83. The molecule has 0 N–H and O–H groups in total. The fraction of sp³-hybridized carbons (Fsp3) is 0.176. The summed E-state index contributed by atoms with van der Waals surface area (Å²) >= 11 is 9.46. The average molecular weight is 375 g/mol. The largest absolute Gasteiger partial charge is 0.330 e. The molecule has 0 aromatic heterocycles. The summed E-state index contributed by atoms with van der Waals surface area (Å²) in [7, 11) is 0. The smallest absolute Gasteiger partial charge is 0.109 e. The van der Waals surface area contributed by atoms with Crippen molar-refractivity contribution >= 4 is 44.7 Å². The molecule has 0 amide bonds. The molecule has 0 saturated carbocycles. The second kappa shape index (κ2) is 6.51. The standard InChI is InChI=1S/C17H13BrClN3/c18-13-6-7-16(12(9-13)11-20)21-17-5-2-8-22(17)15-4-1-3-14(19)10-15/h1,3-4,6-7,9-10H,2,5,8H2. The number of aliphatic imine (C=N–C) groups is 1. The van der Waals surface area contributed by atoms with Gasteiger partial charge >= 0.3 is 0 Å². The van der Waals surface area contributed by atoms with E-state index in [4.69, 9.17) is 16.6 Å². The third kappa shape index (κ3) is 3.16. The van der Waals surface area contributed by atoms with Gasteiger partial charge in [-0.1, -0.05) is 33.6 Å². The lowest BCUT2D eigenvalue weighted by molar-refractivity contribution is 0.956. The third-order valence-corrected chi connectivity index (χ3v) is 4.27. The molecule has 5 heteroatoms. The first-order chi connectivity index (χ1) is 10.7. The summed E-state index contributed by atoms with van der Waals surface area (Å²) in [5, 5.41) is 9.98. The quantitative estimate of drug-likeness (QED) is 0.715. The lowest BCUT2D eigenvalue weighted by Crippen LogP contribution is -2.23. The van der Waals surface area contributed by atoms with Crippen molar-refractivity contribution in [3.63, 3.8) is 0 Å². The maximum absolute atomic E-state index is 9.26. The van der Waals surface area contributed by atoms with Gasteiger partial charge in [-0.15, -0.1) is 0 Å². The fourth-order valence-electron chi connectivity index (χ4n) is 2.53. The predicted molar refractivity (Wildman–Crippen MR) is 94.0 cm³/mol. The van der Waals surface area contributed by atoms with Gasteiger partial charge in [-0.25, -0.2) is 4.99 Å². The highest BCUT2D eigenvalue weighted by Gasteiger charge is 2.20. The Balaban J connectivity index is 1.98. The van der Waals surface area contributed by atoms with E-state index in [1.165, 1.54) is 0 Å². The van der Waals surface area contributed by atoms with Crippen molar-refractivity contribution in [1.82, 2.24) is 0 Å². The number of benzene rings is 2. The molecule has 0 atom stereocenters. The van der Waals surface area contributed by atoms with Crippen LogP contribution in [0.4, 0.5) is 11.4 Å². The minimum absolute atomic E-state index is 0.569. The molecule has 1 aliphatic heterocycles. The maximum Gasteiger partial charge on any atom is 0.109 e. The molecule has 2 aromatic carbocycles. The van der Waals surface area contributed by atoms with Crippen LogP contribution in [-0.2, 0) is 0 Å². The van der Waals surface area contributed by atoms with Gasteiger partial charge in [0.05, 0.1) is 11.3 Å². The Morgan fingerprint density at radius 1 is 1.23 bits per heavy atom. The van der Waals surface area contributed by atoms with Crippen LogP contribution in [0.2, 0.25) is 5.02 Å². The molecule has 1 fully saturated rings. The zero-order valence-electron chi connectivity index (χ0n) is 11.8. The van der Waals surface area contributed by atoms with E-state index in [1.54, 1.807) is 6.07 Å². The van der Waals surface area contributed by atoms with Crippen LogP contribution in [0, 0.1) is 11.3 Å². The van der Waals surface area contributed by atoms with Crippen molar-refractivity contribution in [2.24, 2.45) is 4.99 Å². The van der Waals surface area contributed by atoms with Gasteiger partial charge in [-0.05, 0) is 42.8 Å². The first kappa shape index (κ1) is 15.1. The van der Waals surface area contributed by atoms with Gasteiger partial charge in [0.2, 0.25) is 0 Å². The van der Waals surface area contributed by atoms with Crippen LogP contribution >= 0.6 is 27.5 Å². The molecule has 0 radical (unpaired) electrons. The van der Waals surface area contributed by atoms with Gasteiger partial charge in [0.15, 0.2) is 0 Å². The SMILES string of the molecule is N#Cc1cc(Br)ccc1N=C1CCCN1c1cccc(Cl)c1. The van der Waals surface area contributed by atoms with Crippen LogP contribution in [0.1, 0.15) is 18.4 Å². The van der Waals surface area contributed by atoms with Crippen molar-refractivity contribution < 1.29 is 0 Å². The van der Waals surface area contributed by atoms with Gasteiger partial charge in [0, 0.05) is 28.1 Å². The zero-order valence-corrected chi connectivity index (χ0v) is 14.1. The number of hydrogen-bond donors (Lipinski definition) is 0. The van der Waals surface area contributed by atoms with Crippen LogP contribution in [0.5, 0.6) is 0 Å². The summed E-state index contributed by atoms with van der Waals surface area (Å²) in [5.74, 6) is 0.973. The Kier molecular flexibility index (Phi) is 4.47. The summed E-state index contributed by atoms with van der Waals surface area (Å²) in [6.07, 6.45) is 1.94. The molecule has 0 bridgehead atoms. The maximum atomic E-state index is 9.26. The molecule has 1 saturated heterocycles. The molecule has 0 aliphatic carbocycles. The van der Waals surface area contributed by atoms with E-state index >= 15 is 0 Å². The average Bonchev–Trinajstić information content (AvgIpc) is 2.97. The molecule has 2 aromatic rings. The highest BCUT2D eigenvalue weighted by Crippen LogP contribution is 2.29. The Labute approximate surface area is 143 Å². The first-order valence-electron chi connectivity index (χ1n) is 6.98. The third-order valence-electron chi connectivity index (χ3n) is 3.54. The lowest BCUT2D eigenvalue weighted by atomic mass is 10.2. The van der Waals surface area contributed by atoms with Crippen LogP contribution in [-0.4, -0.2) is 12.4 Å². The molecule has 0 unspecified atom stereocenters. The van der Waals surface area contributed by atoms with E-state index in [2.05, 4.69) is 26.9 Å². The molecule has 22 heavy (non-hydrogen) atoms. The highest BCUT2D eigenvalue weighted by atomic mass is 79.9. The van der Waals surface area contributed by atoms with Crippen LogP contribution < -0.4 is 4.90 Å². The minimum atomic E-state index is 0.569.